The van der Waals surface area contributed by atoms with E-state index in [1.54, 1.807) is 24.3 Å². The molecular formula is C19H13N3O2S. The second kappa shape index (κ2) is 5.65. The maximum Gasteiger partial charge on any atom is 0.264 e. The summed E-state index contributed by atoms with van der Waals surface area (Å²) in [5.74, 6) is 0. The maximum absolute atomic E-state index is 12.8. The lowest BCUT2D eigenvalue weighted by atomic mass is 10.1. The minimum Gasteiger partial charge on any atom is -0.359 e. The molecule has 2 N–H and O–H groups in total. The van der Waals surface area contributed by atoms with Crippen molar-refractivity contribution in [3.63, 3.8) is 0 Å². The number of anilines is 1. The number of nitrogens with zero attached hydrogens (tertiary/aromatic N) is 1. The van der Waals surface area contributed by atoms with E-state index < -0.39 is 10.0 Å². The van der Waals surface area contributed by atoms with E-state index >= 15 is 0 Å². The molecular weight excluding hydrogens is 334 g/mol. The topological polar surface area (TPSA) is 85.8 Å². The summed E-state index contributed by atoms with van der Waals surface area (Å²) in [4.78, 5) is 3.27. The first kappa shape index (κ1) is 15.2. The highest BCUT2D eigenvalue weighted by molar-refractivity contribution is 7.93. The summed E-state index contributed by atoms with van der Waals surface area (Å²) in [7, 11) is -3.75. The Kier molecular flexibility index (Phi) is 3.45. The Morgan fingerprint density at radius 2 is 1.68 bits per heavy atom. The Balaban J connectivity index is 1.80. The van der Waals surface area contributed by atoms with Gasteiger partial charge >= 0.3 is 0 Å². The van der Waals surface area contributed by atoms with Crippen LogP contribution in [0, 0.1) is 11.3 Å². The third kappa shape index (κ3) is 2.61. The van der Waals surface area contributed by atoms with Gasteiger partial charge in [0.1, 0.15) is 4.90 Å². The third-order valence-corrected chi connectivity index (χ3v) is 5.52. The number of nitrogens with one attached hydrogen (secondary N) is 2. The smallest absolute Gasteiger partial charge is 0.264 e. The SMILES string of the molecule is N#Cc1ccc(NS(=O)(=O)c2c[nH]c3c2ccc2ccccc23)cc1. The van der Waals surface area contributed by atoms with Gasteiger partial charge in [-0.05, 0) is 29.7 Å². The zero-order valence-electron chi connectivity index (χ0n) is 13.0. The first-order chi connectivity index (χ1) is 12.1. The van der Waals surface area contributed by atoms with Crippen LogP contribution in [0.4, 0.5) is 5.69 Å². The molecule has 5 nitrogen and oxygen atoms in total. The average molecular weight is 347 g/mol. The molecule has 0 saturated heterocycles. The highest BCUT2D eigenvalue weighted by Crippen LogP contribution is 2.30. The van der Waals surface area contributed by atoms with Gasteiger partial charge in [0.25, 0.3) is 10.0 Å². The number of hydrogen-bond acceptors (Lipinski definition) is 3. The molecule has 0 amide bonds. The number of aromatic nitrogens is 1. The summed E-state index contributed by atoms with van der Waals surface area (Å²) >= 11 is 0. The molecule has 0 spiro atoms. The minimum absolute atomic E-state index is 0.192. The molecule has 3 aromatic carbocycles. The number of H-pyrrole nitrogens is 1. The second-order valence-electron chi connectivity index (χ2n) is 5.66. The normalized spacial score (nSPS) is 11.5. The van der Waals surface area contributed by atoms with Gasteiger partial charge in [0, 0.05) is 22.7 Å². The molecule has 0 radical (unpaired) electrons. The fourth-order valence-electron chi connectivity index (χ4n) is 2.89. The van der Waals surface area contributed by atoms with Gasteiger partial charge < -0.3 is 4.98 Å². The third-order valence-electron chi connectivity index (χ3n) is 4.10. The first-order valence-electron chi connectivity index (χ1n) is 7.60. The van der Waals surface area contributed by atoms with Crippen LogP contribution in [0.3, 0.4) is 0 Å². The van der Waals surface area contributed by atoms with E-state index in [0.717, 1.165) is 16.3 Å². The van der Waals surface area contributed by atoms with Gasteiger partial charge in [-0.3, -0.25) is 4.72 Å². The van der Waals surface area contributed by atoms with Crippen LogP contribution in [0.2, 0.25) is 0 Å². The van der Waals surface area contributed by atoms with Crippen LogP contribution in [0.1, 0.15) is 5.56 Å². The largest absolute Gasteiger partial charge is 0.359 e. The molecule has 0 atom stereocenters. The van der Waals surface area contributed by atoms with Crippen molar-refractivity contribution in [3.05, 3.63) is 72.4 Å². The molecule has 4 rings (SSSR count). The van der Waals surface area contributed by atoms with Crippen molar-refractivity contribution < 1.29 is 8.42 Å². The molecule has 122 valence electrons. The van der Waals surface area contributed by atoms with Gasteiger partial charge in [0.05, 0.1) is 17.1 Å². The van der Waals surface area contributed by atoms with Crippen molar-refractivity contribution in [1.29, 1.82) is 5.26 Å². The highest BCUT2D eigenvalue weighted by atomic mass is 32.2. The van der Waals surface area contributed by atoms with Gasteiger partial charge in [0.2, 0.25) is 0 Å². The summed E-state index contributed by atoms with van der Waals surface area (Å²) < 4.78 is 28.1. The van der Waals surface area contributed by atoms with Gasteiger partial charge in [-0.2, -0.15) is 5.26 Å². The molecule has 4 aromatic rings. The fraction of sp³-hybridized carbons (Fsp3) is 0. The number of hydrogen-bond donors (Lipinski definition) is 2. The van der Waals surface area contributed by atoms with E-state index in [9.17, 15) is 8.42 Å². The molecule has 0 unspecified atom stereocenters. The van der Waals surface area contributed by atoms with Crippen LogP contribution in [-0.4, -0.2) is 13.4 Å². The van der Waals surface area contributed by atoms with Crippen LogP contribution >= 0.6 is 0 Å². The Hall–Kier alpha value is -3.30. The maximum atomic E-state index is 12.8. The predicted molar refractivity (Wildman–Crippen MR) is 97.8 cm³/mol. The van der Waals surface area contributed by atoms with Crippen molar-refractivity contribution in [2.75, 3.05) is 4.72 Å². The number of benzene rings is 3. The number of aromatic amines is 1. The molecule has 0 bridgehead atoms. The molecule has 6 heteroatoms. The fourth-order valence-corrected chi connectivity index (χ4v) is 4.12. The monoisotopic (exact) mass is 347 g/mol. The van der Waals surface area contributed by atoms with Gasteiger partial charge in [0.15, 0.2) is 0 Å². The lowest BCUT2D eigenvalue weighted by Crippen LogP contribution is -2.12. The summed E-state index contributed by atoms with van der Waals surface area (Å²) in [6.07, 6.45) is 1.50. The number of rotatable bonds is 3. The molecule has 0 aliphatic heterocycles. The average Bonchev–Trinajstić information content (AvgIpc) is 3.07. The first-order valence-corrected chi connectivity index (χ1v) is 9.09. The standard InChI is InChI=1S/C19H13N3O2S/c20-11-13-5-8-15(9-6-13)22-25(23,24)18-12-21-19-16-4-2-1-3-14(16)7-10-17(18)19/h1-10,12,21-22H. The van der Waals surface area contributed by atoms with E-state index in [2.05, 4.69) is 9.71 Å². The summed E-state index contributed by atoms with van der Waals surface area (Å²) in [5, 5.41) is 11.5. The number of nitriles is 1. The van der Waals surface area contributed by atoms with E-state index in [1.165, 1.54) is 6.20 Å². The summed E-state index contributed by atoms with van der Waals surface area (Å²) in [6.45, 7) is 0. The Morgan fingerprint density at radius 1 is 0.920 bits per heavy atom. The summed E-state index contributed by atoms with van der Waals surface area (Å²) in [5.41, 5.74) is 1.67. The quantitative estimate of drug-likeness (QED) is 0.587. The lowest BCUT2D eigenvalue weighted by molar-refractivity contribution is 0.602. The van der Waals surface area contributed by atoms with Crippen LogP contribution in [0.5, 0.6) is 0 Å². The van der Waals surface area contributed by atoms with E-state index in [0.29, 0.717) is 16.6 Å². The van der Waals surface area contributed by atoms with Crippen LogP contribution in [0.15, 0.2) is 71.8 Å². The van der Waals surface area contributed by atoms with Crippen molar-refractivity contribution in [2.24, 2.45) is 0 Å². The summed E-state index contributed by atoms with van der Waals surface area (Å²) in [6, 6.07) is 19.8. The molecule has 1 aromatic heterocycles. The molecule has 1 heterocycles. The lowest BCUT2D eigenvalue weighted by Gasteiger charge is -2.07. The second-order valence-corrected chi connectivity index (χ2v) is 7.31. The van der Waals surface area contributed by atoms with Crippen LogP contribution in [-0.2, 0) is 10.0 Å². The molecule has 0 aliphatic rings. The van der Waals surface area contributed by atoms with Gasteiger partial charge in [-0.25, -0.2) is 8.42 Å². The molecule has 0 aliphatic carbocycles. The minimum atomic E-state index is -3.75. The van der Waals surface area contributed by atoms with Crippen molar-refractivity contribution in [2.45, 2.75) is 4.90 Å². The zero-order valence-corrected chi connectivity index (χ0v) is 13.8. The molecule has 0 fully saturated rings. The zero-order chi connectivity index (χ0) is 17.4. The highest BCUT2D eigenvalue weighted by Gasteiger charge is 2.20. The van der Waals surface area contributed by atoms with Gasteiger partial charge in [-0.1, -0.05) is 36.4 Å². The van der Waals surface area contributed by atoms with E-state index in [-0.39, 0.29) is 4.90 Å². The van der Waals surface area contributed by atoms with Crippen LogP contribution < -0.4 is 4.72 Å². The van der Waals surface area contributed by atoms with E-state index in [4.69, 9.17) is 5.26 Å². The van der Waals surface area contributed by atoms with Crippen molar-refractivity contribution in [1.82, 2.24) is 4.98 Å². The van der Waals surface area contributed by atoms with E-state index in [1.807, 2.05) is 42.5 Å². The Labute approximate surface area is 144 Å². The molecule has 25 heavy (non-hydrogen) atoms. The van der Waals surface area contributed by atoms with Crippen LogP contribution in [0.25, 0.3) is 21.7 Å². The van der Waals surface area contributed by atoms with Crippen molar-refractivity contribution >= 4 is 37.4 Å². The number of sulfonamides is 1. The Bertz CT molecular complexity index is 1230. The Morgan fingerprint density at radius 3 is 2.44 bits per heavy atom. The predicted octanol–water partition coefficient (Wildman–Crippen LogP) is 3.99. The van der Waals surface area contributed by atoms with Crippen molar-refractivity contribution in [3.8, 4) is 6.07 Å². The van der Waals surface area contributed by atoms with Gasteiger partial charge in [-0.15, -0.1) is 0 Å². The molecule has 0 saturated carbocycles. The number of fused-ring (bicyclic) bond motifs is 3.